The predicted octanol–water partition coefficient (Wildman–Crippen LogP) is 1.61. The second-order valence-electron chi connectivity index (χ2n) is 4.50. The van der Waals surface area contributed by atoms with Crippen LogP contribution >= 0.6 is 0 Å². The zero-order chi connectivity index (χ0) is 14.3. The second-order valence-corrected chi connectivity index (χ2v) is 4.50. The lowest BCUT2D eigenvalue weighted by atomic mass is 10.2. The number of nitrogens with zero attached hydrogens (tertiary/aromatic N) is 3. The molecular weight excluding hydrogens is 258 g/mol. The molecule has 0 aliphatic heterocycles. The fourth-order valence-electron chi connectivity index (χ4n) is 2.23. The maximum Gasteiger partial charge on any atom is 0.286 e. The largest absolute Gasteiger partial charge is 0.805 e. The lowest BCUT2D eigenvalue weighted by molar-refractivity contribution is -0.432. The fraction of sp³-hybridized carbons (Fsp3) is 0.0714. The van der Waals surface area contributed by atoms with Crippen LogP contribution in [0.3, 0.4) is 0 Å². The van der Waals surface area contributed by atoms with E-state index in [1.165, 1.54) is 19.3 Å². The van der Waals surface area contributed by atoms with Gasteiger partial charge >= 0.3 is 0 Å². The summed E-state index contributed by atoms with van der Waals surface area (Å²) in [6.07, 6.45) is 1.34. The molecule has 1 heterocycles. The summed E-state index contributed by atoms with van der Waals surface area (Å²) < 4.78 is 2.08. The van der Waals surface area contributed by atoms with Crippen molar-refractivity contribution in [2.24, 2.45) is 0 Å². The molecule has 0 radical (unpaired) electrons. The van der Waals surface area contributed by atoms with E-state index in [4.69, 9.17) is 0 Å². The third-order valence-corrected chi connectivity index (χ3v) is 3.09. The van der Waals surface area contributed by atoms with Crippen LogP contribution in [0.25, 0.3) is 22.1 Å². The lowest BCUT2D eigenvalue weighted by Crippen LogP contribution is -2.19. The molecule has 0 unspecified atom stereocenters. The van der Waals surface area contributed by atoms with Gasteiger partial charge in [0.1, 0.15) is 18.1 Å². The molecule has 0 spiro atoms. The van der Waals surface area contributed by atoms with Crippen molar-refractivity contribution in [3.05, 3.63) is 63.3 Å². The van der Waals surface area contributed by atoms with Crippen LogP contribution in [0.4, 0.5) is 0 Å². The van der Waals surface area contributed by atoms with Gasteiger partial charge < -0.3 is 15.1 Å². The number of hydrogen-bond donors (Lipinski definition) is 0. The van der Waals surface area contributed by atoms with Gasteiger partial charge in [-0.3, -0.25) is 0 Å². The normalized spacial score (nSPS) is 12.2. The summed E-state index contributed by atoms with van der Waals surface area (Å²) in [6.45, 7) is 0. The van der Waals surface area contributed by atoms with Crippen molar-refractivity contribution >= 4 is 28.3 Å². The molecule has 6 nitrogen and oxygen atoms in total. The van der Waals surface area contributed by atoms with Gasteiger partial charge in [-0.2, -0.15) is 0 Å². The van der Waals surface area contributed by atoms with Gasteiger partial charge in [0.2, 0.25) is 0 Å². The maximum atomic E-state index is 12.3. The molecule has 2 aromatic carbocycles. The highest BCUT2D eigenvalue weighted by molar-refractivity contribution is 5.88. The Morgan fingerprint density at radius 3 is 2.60 bits per heavy atom. The molecule has 0 saturated heterocycles. The highest BCUT2D eigenvalue weighted by atomic mass is 16.5. The van der Waals surface area contributed by atoms with E-state index in [1.807, 2.05) is 0 Å². The average molecular weight is 269 g/mol. The Bertz CT molecular complexity index is 909. The molecule has 0 aliphatic carbocycles. The van der Waals surface area contributed by atoms with Crippen LogP contribution in [0.15, 0.2) is 42.5 Å². The van der Waals surface area contributed by atoms with Gasteiger partial charge in [-0.05, 0) is 18.2 Å². The Balaban J connectivity index is 2.47. The molecule has 0 amide bonds. The smallest absolute Gasteiger partial charge is 0.286 e. The first kappa shape index (κ1) is 12.2. The van der Waals surface area contributed by atoms with Gasteiger partial charge in [0.05, 0.1) is 4.43 Å². The first-order chi connectivity index (χ1) is 9.58. The van der Waals surface area contributed by atoms with Crippen LogP contribution in [0.2, 0.25) is 0 Å². The second kappa shape index (κ2) is 4.34. The number of hydroxylamine groups is 1. The number of rotatable bonds is 1. The number of aromatic nitrogens is 2. The molecule has 0 bridgehead atoms. The van der Waals surface area contributed by atoms with Gasteiger partial charge in [0.15, 0.2) is 6.21 Å². The van der Waals surface area contributed by atoms with E-state index in [9.17, 15) is 15.3 Å². The van der Waals surface area contributed by atoms with E-state index < -0.39 is 0 Å². The lowest BCUT2D eigenvalue weighted by Gasteiger charge is -2.14. The van der Waals surface area contributed by atoms with Crippen molar-refractivity contribution in [3.8, 4) is 0 Å². The van der Waals surface area contributed by atoms with Crippen molar-refractivity contribution < 1.29 is 9.17 Å². The minimum absolute atomic E-state index is 0.231. The van der Waals surface area contributed by atoms with Crippen molar-refractivity contribution in [2.45, 2.75) is 0 Å². The first-order valence-electron chi connectivity index (χ1n) is 6.00. The molecule has 3 rings (SSSR count). The molecule has 20 heavy (non-hydrogen) atoms. The third kappa shape index (κ3) is 1.78. The molecule has 0 saturated carbocycles. The van der Waals surface area contributed by atoms with E-state index in [0.29, 0.717) is 26.1 Å². The van der Waals surface area contributed by atoms with Crippen LogP contribution in [0.1, 0.15) is 5.56 Å². The van der Waals surface area contributed by atoms with Crippen molar-refractivity contribution in [1.29, 1.82) is 0 Å². The summed E-state index contributed by atoms with van der Waals surface area (Å²) in [6, 6.07) is 11.3. The number of para-hydroxylation sites is 2. The summed E-state index contributed by atoms with van der Waals surface area (Å²) >= 11 is 0. The molecule has 6 heteroatoms. The quantitative estimate of drug-likeness (QED) is 0.221. The Hall–Kier alpha value is -2.89. The first-order valence-corrected chi connectivity index (χ1v) is 6.00. The molecular formula is C14H11N3O3. The van der Waals surface area contributed by atoms with Gasteiger partial charge in [0, 0.05) is 22.6 Å². The zero-order valence-electron chi connectivity index (χ0n) is 10.7. The third-order valence-electron chi connectivity index (χ3n) is 3.09. The van der Waals surface area contributed by atoms with E-state index >= 15 is 0 Å². The molecule has 3 aromatic rings. The molecule has 0 aliphatic rings. The molecule has 0 atom stereocenters. The predicted molar refractivity (Wildman–Crippen MR) is 76.3 cm³/mol. The Morgan fingerprint density at radius 2 is 1.85 bits per heavy atom. The van der Waals surface area contributed by atoms with E-state index in [2.05, 4.69) is 0 Å². The molecule has 0 fully saturated rings. The number of hydrogen-bond acceptors (Lipinski definition) is 3. The maximum absolute atomic E-state index is 12.3. The topological polar surface area (TPSA) is 77.0 Å². The fourth-order valence-corrected chi connectivity index (χ4v) is 2.23. The number of benzene rings is 2. The van der Waals surface area contributed by atoms with Crippen LogP contribution < -0.4 is 4.43 Å². The van der Waals surface area contributed by atoms with Gasteiger partial charge in [0.25, 0.3) is 11.0 Å². The van der Waals surface area contributed by atoms with E-state index in [0.717, 1.165) is 4.43 Å². The van der Waals surface area contributed by atoms with Gasteiger partial charge in [-0.25, -0.2) is 4.74 Å². The van der Waals surface area contributed by atoms with Gasteiger partial charge in [-0.15, -0.1) is 0 Å². The average Bonchev–Trinajstić information content (AvgIpc) is 2.44. The molecule has 100 valence electrons. The Labute approximate surface area is 113 Å². The standard InChI is InChI=1S/C14H11N3O3/c1-15(18)9-10-6-7-13-14(8-10)17(20)12-5-3-2-4-11(12)16(13)19/h2-9H,1H3/b15-9-. The SMILES string of the molecule is C/[N+]([O-])=C/c1ccc2c(c1)n([O-])c1ccccc1[n+]2=O. The Morgan fingerprint density at radius 1 is 1.15 bits per heavy atom. The molecule has 1 aromatic heterocycles. The van der Waals surface area contributed by atoms with Crippen molar-refractivity contribution in [2.75, 3.05) is 7.05 Å². The monoisotopic (exact) mass is 269 g/mol. The minimum Gasteiger partial charge on any atom is -0.805 e. The summed E-state index contributed by atoms with van der Waals surface area (Å²) in [5, 5.41) is 23.4. The highest BCUT2D eigenvalue weighted by Crippen LogP contribution is 2.17. The minimum atomic E-state index is 0.231. The summed E-state index contributed by atoms with van der Waals surface area (Å²) in [5.74, 6) is 0. The van der Waals surface area contributed by atoms with E-state index in [1.54, 1.807) is 36.4 Å². The van der Waals surface area contributed by atoms with Crippen LogP contribution in [-0.2, 0) is 0 Å². The Kier molecular flexibility index (Phi) is 2.64. The van der Waals surface area contributed by atoms with Crippen LogP contribution in [0, 0.1) is 15.3 Å². The summed E-state index contributed by atoms with van der Waals surface area (Å²) in [4.78, 5) is 12.3. The van der Waals surface area contributed by atoms with Crippen LogP contribution in [0.5, 0.6) is 0 Å². The summed E-state index contributed by atoms with van der Waals surface area (Å²) in [5.41, 5.74) is 1.67. The molecule has 0 N–H and O–H groups in total. The van der Waals surface area contributed by atoms with E-state index in [-0.39, 0.29) is 11.0 Å². The zero-order valence-corrected chi connectivity index (χ0v) is 10.7. The number of fused-ring (bicyclic) bond motifs is 2. The van der Waals surface area contributed by atoms with Crippen LogP contribution in [-0.4, -0.2) is 22.7 Å². The summed E-state index contributed by atoms with van der Waals surface area (Å²) in [7, 11) is 1.35. The van der Waals surface area contributed by atoms with Gasteiger partial charge in [-0.1, -0.05) is 12.1 Å². The van der Waals surface area contributed by atoms with Crippen molar-refractivity contribution in [1.82, 2.24) is 4.73 Å². The highest BCUT2D eigenvalue weighted by Gasteiger charge is 2.15. The van der Waals surface area contributed by atoms with Crippen molar-refractivity contribution in [3.63, 3.8) is 0 Å².